The third-order valence-corrected chi connectivity index (χ3v) is 3.79. The summed E-state index contributed by atoms with van der Waals surface area (Å²) in [4.78, 5) is 22.2. The molecule has 1 unspecified atom stereocenters. The Bertz CT molecular complexity index is 431. The smallest absolute Gasteiger partial charge is 0.323 e. The molecule has 0 spiro atoms. The van der Waals surface area contributed by atoms with Crippen LogP contribution in [0.1, 0.15) is 23.2 Å². The molecule has 6 heteroatoms. The first-order chi connectivity index (χ1) is 9.08. The van der Waals surface area contributed by atoms with Crippen LogP contribution in [0.3, 0.4) is 0 Å². The fraction of sp³-hybridized carbons (Fsp3) is 0.385. The van der Waals surface area contributed by atoms with Gasteiger partial charge in [-0.3, -0.25) is 9.59 Å². The van der Waals surface area contributed by atoms with Crippen LogP contribution in [0.15, 0.2) is 24.3 Å². The normalized spacial score (nSPS) is 11.7. The number of benzene rings is 1. The summed E-state index contributed by atoms with van der Waals surface area (Å²) in [5.41, 5.74) is 0.743. The topological polar surface area (TPSA) is 52.6 Å². The van der Waals surface area contributed by atoms with Gasteiger partial charge in [0.15, 0.2) is 0 Å². The molecule has 0 radical (unpaired) electrons. The van der Waals surface area contributed by atoms with Gasteiger partial charge in [-0.1, -0.05) is 44.0 Å². The van der Waals surface area contributed by atoms with Crippen molar-refractivity contribution >= 4 is 43.8 Å². The Hall–Kier alpha value is -0.880. The number of halogens is 2. The molecule has 0 fully saturated rings. The molecule has 0 aromatic heterocycles. The van der Waals surface area contributed by atoms with E-state index in [0.29, 0.717) is 12.2 Å². The lowest BCUT2D eigenvalue weighted by Gasteiger charge is -2.09. The van der Waals surface area contributed by atoms with E-state index >= 15 is 0 Å². The Kier molecular flexibility index (Phi) is 7.09. The van der Waals surface area contributed by atoms with Gasteiger partial charge in [0.05, 0.1) is 7.11 Å². The maximum Gasteiger partial charge on any atom is 0.323 e. The van der Waals surface area contributed by atoms with Gasteiger partial charge in [-0.25, -0.2) is 0 Å². The Balaban J connectivity index is 2.61. The van der Waals surface area contributed by atoms with E-state index in [1.165, 1.54) is 7.11 Å². The zero-order chi connectivity index (χ0) is 14.3. The van der Waals surface area contributed by atoms with Crippen molar-refractivity contribution in [3.63, 3.8) is 0 Å². The zero-order valence-electron chi connectivity index (χ0n) is 10.4. The molecule has 1 rings (SSSR count). The number of alkyl halides is 2. The van der Waals surface area contributed by atoms with Crippen LogP contribution in [0.5, 0.6) is 5.75 Å². The first kappa shape index (κ1) is 16.2. The number of esters is 2. The lowest BCUT2D eigenvalue weighted by Crippen LogP contribution is -2.09. The minimum atomic E-state index is -0.518. The van der Waals surface area contributed by atoms with Gasteiger partial charge in [0.25, 0.3) is 0 Å². The summed E-state index contributed by atoms with van der Waals surface area (Å²) in [7, 11) is 1.33. The molecule has 0 N–H and O–H groups in total. The molecule has 0 amide bonds. The molecule has 0 saturated heterocycles. The maximum absolute atomic E-state index is 11.4. The van der Waals surface area contributed by atoms with Gasteiger partial charge in [-0.05, 0) is 24.1 Å². The fourth-order valence-electron chi connectivity index (χ4n) is 1.34. The number of methoxy groups -OCH3 is 1. The van der Waals surface area contributed by atoms with E-state index in [-0.39, 0.29) is 11.9 Å². The van der Waals surface area contributed by atoms with Crippen LogP contribution in [0.2, 0.25) is 0 Å². The van der Waals surface area contributed by atoms with Crippen molar-refractivity contribution in [1.29, 1.82) is 0 Å². The highest BCUT2D eigenvalue weighted by atomic mass is 79.9. The molecular weight excluding hydrogens is 380 g/mol. The van der Waals surface area contributed by atoms with Crippen molar-refractivity contribution in [3.8, 4) is 5.75 Å². The van der Waals surface area contributed by atoms with Crippen LogP contribution in [-0.2, 0) is 14.3 Å². The van der Waals surface area contributed by atoms with Crippen LogP contribution < -0.4 is 4.74 Å². The molecule has 1 atom stereocenters. The largest absolute Gasteiger partial charge is 0.468 e. The Morgan fingerprint density at radius 3 is 2.42 bits per heavy atom. The summed E-state index contributed by atoms with van der Waals surface area (Å²) in [6, 6.07) is 6.73. The third-order valence-electron chi connectivity index (χ3n) is 2.33. The molecule has 0 heterocycles. The highest BCUT2D eigenvalue weighted by Gasteiger charge is 2.17. The highest BCUT2D eigenvalue weighted by molar-refractivity contribution is 9.09. The first-order valence-corrected chi connectivity index (χ1v) is 7.70. The summed E-state index contributed by atoms with van der Waals surface area (Å²) >= 11 is 6.49. The number of hydrogen-bond acceptors (Lipinski definition) is 4. The molecule has 0 aliphatic heterocycles. The van der Waals surface area contributed by atoms with E-state index in [9.17, 15) is 9.59 Å². The summed E-state index contributed by atoms with van der Waals surface area (Å²) in [5.74, 6) is -0.175. The van der Waals surface area contributed by atoms with Crippen LogP contribution in [0.25, 0.3) is 0 Å². The Morgan fingerprint density at radius 1 is 1.26 bits per heavy atom. The van der Waals surface area contributed by atoms with Crippen LogP contribution in [0, 0.1) is 0 Å². The minimum absolute atomic E-state index is 0.268. The quantitative estimate of drug-likeness (QED) is 0.422. The predicted octanol–water partition coefficient (Wildman–Crippen LogP) is 3.38. The Labute approximate surface area is 128 Å². The molecular formula is C13H14Br2O4. The van der Waals surface area contributed by atoms with Crippen LogP contribution in [-0.4, -0.2) is 24.4 Å². The summed E-state index contributed by atoms with van der Waals surface area (Å²) < 4.78 is 9.78. The summed E-state index contributed by atoms with van der Waals surface area (Å²) in [6.45, 7) is 0. The third kappa shape index (κ3) is 5.32. The highest BCUT2D eigenvalue weighted by Crippen LogP contribution is 2.26. The summed E-state index contributed by atoms with van der Waals surface area (Å²) in [5, 5.41) is 0.769. The second-order valence-corrected chi connectivity index (χ2v) is 5.43. The molecule has 0 aliphatic carbocycles. The van der Waals surface area contributed by atoms with Gasteiger partial charge in [-0.2, -0.15) is 0 Å². The van der Waals surface area contributed by atoms with Crippen molar-refractivity contribution < 1.29 is 19.1 Å². The van der Waals surface area contributed by atoms with Crippen LogP contribution >= 0.6 is 31.9 Å². The van der Waals surface area contributed by atoms with Gasteiger partial charge in [-0.15, -0.1) is 0 Å². The van der Waals surface area contributed by atoms with E-state index < -0.39 is 4.83 Å². The zero-order valence-corrected chi connectivity index (χ0v) is 13.6. The maximum atomic E-state index is 11.4. The molecule has 4 nitrogen and oxygen atoms in total. The average molecular weight is 394 g/mol. The first-order valence-electron chi connectivity index (χ1n) is 5.67. The Morgan fingerprint density at radius 2 is 1.89 bits per heavy atom. The van der Waals surface area contributed by atoms with Crippen molar-refractivity contribution in [3.05, 3.63) is 29.8 Å². The van der Waals surface area contributed by atoms with E-state index in [1.54, 1.807) is 24.3 Å². The predicted molar refractivity (Wildman–Crippen MR) is 78.8 cm³/mol. The average Bonchev–Trinajstić information content (AvgIpc) is 2.44. The van der Waals surface area contributed by atoms with Gasteiger partial charge in [0.2, 0.25) is 0 Å². The van der Waals surface area contributed by atoms with E-state index in [4.69, 9.17) is 4.74 Å². The van der Waals surface area contributed by atoms with Crippen LogP contribution in [0.4, 0.5) is 0 Å². The number of carbonyl (C=O) groups is 2. The van der Waals surface area contributed by atoms with Gasteiger partial charge >= 0.3 is 11.9 Å². The molecule has 19 heavy (non-hydrogen) atoms. The van der Waals surface area contributed by atoms with E-state index in [2.05, 4.69) is 36.6 Å². The second-order valence-electron chi connectivity index (χ2n) is 3.72. The van der Waals surface area contributed by atoms with E-state index in [1.807, 2.05) is 0 Å². The fourth-order valence-corrected chi connectivity index (χ4v) is 2.11. The van der Waals surface area contributed by atoms with Crippen molar-refractivity contribution in [2.45, 2.75) is 17.7 Å². The van der Waals surface area contributed by atoms with Gasteiger partial charge in [0, 0.05) is 11.8 Å². The van der Waals surface area contributed by atoms with Crippen molar-refractivity contribution in [2.24, 2.45) is 0 Å². The number of hydrogen-bond donors (Lipinski definition) is 0. The standard InChI is InChI=1S/C13H14Br2O4/c1-18-13(17)12(15)9-4-6-10(7-5-9)19-11(16)3-2-8-14/h4-7,12H,2-3,8H2,1H3. The lowest BCUT2D eigenvalue weighted by molar-refractivity contribution is -0.140. The second kappa shape index (κ2) is 8.32. The SMILES string of the molecule is COC(=O)C(Br)c1ccc(OC(=O)CCCBr)cc1. The van der Waals surface area contributed by atoms with Crippen molar-refractivity contribution in [1.82, 2.24) is 0 Å². The molecule has 104 valence electrons. The lowest BCUT2D eigenvalue weighted by atomic mass is 10.1. The minimum Gasteiger partial charge on any atom is -0.468 e. The molecule has 0 saturated carbocycles. The monoisotopic (exact) mass is 392 g/mol. The number of rotatable bonds is 6. The van der Waals surface area contributed by atoms with Gasteiger partial charge in [0.1, 0.15) is 10.6 Å². The molecule has 1 aromatic rings. The molecule has 0 bridgehead atoms. The van der Waals surface area contributed by atoms with E-state index in [0.717, 1.165) is 17.3 Å². The van der Waals surface area contributed by atoms with Crippen molar-refractivity contribution in [2.75, 3.05) is 12.4 Å². The number of ether oxygens (including phenoxy) is 2. The van der Waals surface area contributed by atoms with Gasteiger partial charge < -0.3 is 9.47 Å². The summed E-state index contributed by atoms with van der Waals surface area (Å²) in [6.07, 6.45) is 1.11. The molecule has 0 aliphatic rings. The molecule has 1 aromatic carbocycles. The number of carbonyl (C=O) groups excluding carboxylic acids is 2.